The SMILES string of the molecule is CN1CC(n2c(=S)[nH]c3cc(Br)ccc32)CCC1=O. The molecule has 0 spiro atoms. The van der Waals surface area contributed by atoms with Crippen LogP contribution in [0.2, 0.25) is 0 Å². The quantitative estimate of drug-likeness (QED) is 0.810. The molecule has 1 aromatic heterocycles. The molecule has 1 atom stereocenters. The van der Waals surface area contributed by atoms with Crippen molar-refractivity contribution in [3.63, 3.8) is 0 Å². The summed E-state index contributed by atoms with van der Waals surface area (Å²) in [6.45, 7) is 0.718. The van der Waals surface area contributed by atoms with Crippen LogP contribution in [0.1, 0.15) is 18.9 Å². The van der Waals surface area contributed by atoms with Crippen LogP contribution in [0.4, 0.5) is 0 Å². The molecule has 1 aromatic carbocycles. The maximum Gasteiger partial charge on any atom is 0.222 e. The first kappa shape index (κ1) is 12.9. The Morgan fingerprint density at radius 3 is 3.00 bits per heavy atom. The Hall–Kier alpha value is -1.14. The summed E-state index contributed by atoms with van der Waals surface area (Å²) in [5.41, 5.74) is 2.12. The van der Waals surface area contributed by atoms with E-state index in [1.54, 1.807) is 4.90 Å². The van der Waals surface area contributed by atoms with Crippen molar-refractivity contribution < 1.29 is 4.79 Å². The van der Waals surface area contributed by atoms with Gasteiger partial charge in [0.25, 0.3) is 0 Å². The van der Waals surface area contributed by atoms with Gasteiger partial charge in [-0.3, -0.25) is 4.79 Å². The molecule has 0 radical (unpaired) electrons. The first-order chi connectivity index (χ1) is 9.06. The predicted octanol–water partition coefficient (Wildman–Crippen LogP) is 3.25. The Kier molecular flexibility index (Phi) is 3.22. The fraction of sp³-hybridized carbons (Fsp3) is 0.385. The van der Waals surface area contributed by atoms with Crippen LogP contribution in [0.3, 0.4) is 0 Å². The number of likely N-dealkylation sites (tertiary alicyclic amines) is 1. The van der Waals surface area contributed by atoms with Crippen LogP contribution in [0.25, 0.3) is 11.0 Å². The van der Waals surface area contributed by atoms with Crippen molar-refractivity contribution in [1.29, 1.82) is 0 Å². The lowest BCUT2D eigenvalue weighted by Gasteiger charge is -2.30. The van der Waals surface area contributed by atoms with E-state index in [1.165, 1.54) is 0 Å². The minimum Gasteiger partial charge on any atom is -0.344 e. The number of carbonyl (C=O) groups is 1. The van der Waals surface area contributed by atoms with Gasteiger partial charge in [0.15, 0.2) is 4.77 Å². The van der Waals surface area contributed by atoms with E-state index in [4.69, 9.17) is 12.2 Å². The van der Waals surface area contributed by atoms with Crippen molar-refractivity contribution in [3.05, 3.63) is 27.4 Å². The zero-order chi connectivity index (χ0) is 13.6. The van der Waals surface area contributed by atoms with E-state index in [0.717, 1.165) is 33.2 Å². The molecular formula is C13H14BrN3OS. The highest BCUT2D eigenvalue weighted by Crippen LogP contribution is 2.27. The number of rotatable bonds is 1. The summed E-state index contributed by atoms with van der Waals surface area (Å²) in [5.74, 6) is 0.213. The summed E-state index contributed by atoms with van der Waals surface area (Å²) in [4.78, 5) is 16.6. The predicted molar refractivity (Wildman–Crippen MR) is 80.7 cm³/mol. The molecule has 6 heteroatoms. The number of hydrogen-bond donors (Lipinski definition) is 1. The van der Waals surface area contributed by atoms with Crippen molar-refractivity contribution in [2.24, 2.45) is 0 Å². The minimum atomic E-state index is 0.213. The van der Waals surface area contributed by atoms with Gasteiger partial charge in [0, 0.05) is 24.5 Å². The molecule has 1 aliphatic heterocycles. The Morgan fingerprint density at radius 2 is 2.26 bits per heavy atom. The topological polar surface area (TPSA) is 41.0 Å². The largest absolute Gasteiger partial charge is 0.344 e. The number of benzene rings is 1. The number of fused-ring (bicyclic) bond motifs is 1. The van der Waals surface area contributed by atoms with Crippen molar-refractivity contribution in [3.8, 4) is 0 Å². The molecule has 19 heavy (non-hydrogen) atoms. The third-order valence-corrected chi connectivity index (χ3v) is 4.44. The third-order valence-electron chi connectivity index (χ3n) is 3.65. The fourth-order valence-corrected chi connectivity index (χ4v) is 3.39. The van der Waals surface area contributed by atoms with Crippen LogP contribution >= 0.6 is 28.1 Å². The Morgan fingerprint density at radius 1 is 1.47 bits per heavy atom. The van der Waals surface area contributed by atoms with Gasteiger partial charge in [-0.2, -0.15) is 0 Å². The summed E-state index contributed by atoms with van der Waals surface area (Å²) in [6.07, 6.45) is 1.44. The maximum absolute atomic E-state index is 11.6. The van der Waals surface area contributed by atoms with E-state index in [0.29, 0.717) is 6.42 Å². The molecule has 1 unspecified atom stereocenters. The summed E-state index contributed by atoms with van der Waals surface area (Å²) in [6, 6.07) is 6.35. The summed E-state index contributed by atoms with van der Waals surface area (Å²) in [7, 11) is 1.85. The standard InChI is InChI=1S/C13H14BrN3OS/c1-16-7-9(3-5-12(16)18)17-11-4-2-8(14)6-10(11)15-13(17)19/h2,4,6,9H,3,5,7H2,1H3,(H,15,19). The van der Waals surface area contributed by atoms with Gasteiger partial charge in [-0.25, -0.2) is 0 Å². The number of H-pyrrole nitrogens is 1. The number of imidazole rings is 1. The number of piperidine rings is 1. The van der Waals surface area contributed by atoms with Crippen LogP contribution in [-0.4, -0.2) is 34.0 Å². The van der Waals surface area contributed by atoms with Crippen molar-refractivity contribution in [2.75, 3.05) is 13.6 Å². The molecule has 0 bridgehead atoms. The number of hydrogen-bond acceptors (Lipinski definition) is 2. The third kappa shape index (κ3) is 2.23. The highest BCUT2D eigenvalue weighted by atomic mass is 79.9. The number of amides is 1. The van der Waals surface area contributed by atoms with Gasteiger partial charge in [0.2, 0.25) is 5.91 Å². The summed E-state index contributed by atoms with van der Waals surface area (Å²) < 4.78 is 3.89. The van der Waals surface area contributed by atoms with E-state index >= 15 is 0 Å². The second-order valence-electron chi connectivity index (χ2n) is 4.93. The lowest BCUT2D eigenvalue weighted by atomic mass is 10.1. The molecule has 1 saturated heterocycles. The Balaban J connectivity index is 2.08. The number of carbonyl (C=O) groups excluding carboxylic acids is 1. The molecule has 0 aliphatic carbocycles. The average Bonchev–Trinajstić information content (AvgIpc) is 2.68. The van der Waals surface area contributed by atoms with Crippen molar-refractivity contribution >= 4 is 45.1 Å². The Labute approximate surface area is 124 Å². The monoisotopic (exact) mass is 339 g/mol. The molecule has 1 aliphatic rings. The van der Waals surface area contributed by atoms with Crippen LogP contribution in [-0.2, 0) is 4.79 Å². The molecule has 1 amide bonds. The van der Waals surface area contributed by atoms with Gasteiger partial charge in [0.1, 0.15) is 0 Å². The zero-order valence-corrected chi connectivity index (χ0v) is 12.9. The van der Waals surface area contributed by atoms with Crippen LogP contribution in [0.5, 0.6) is 0 Å². The van der Waals surface area contributed by atoms with Crippen LogP contribution < -0.4 is 0 Å². The highest BCUT2D eigenvalue weighted by molar-refractivity contribution is 9.10. The minimum absolute atomic E-state index is 0.213. The molecular weight excluding hydrogens is 326 g/mol. The van der Waals surface area contributed by atoms with Crippen LogP contribution in [0.15, 0.2) is 22.7 Å². The highest BCUT2D eigenvalue weighted by Gasteiger charge is 2.25. The Bertz CT molecular complexity index is 705. The van der Waals surface area contributed by atoms with Crippen molar-refractivity contribution in [2.45, 2.75) is 18.9 Å². The lowest BCUT2D eigenvalue weighted by molar-refractivity contribution is -0.132. The molecule has 3 rings (SSSR count). The van der Waals surface area contributed by atoms with Gasteiger partial charge >= 0.3 is 0 Å². The summed E-state index contributed by atoms with van der Waals surface area (Å²) in [5, 5.41) is 0. The smallest absolute Gasteiger partial charge is 0.222 e. The lowest BCUT2D eigenvalue weighted by Crippen LogP contribution is -2.37. The van der Waals surface area contributed by atoms with E-state index in [9.17, 15) is 4.79 Å². The molecule has 100 valence electrons. The van der Waals surface area contributed by atoms with E-state index in [-0.39, 0.29) is 11.9 Å². The number of aromatic amines is 1. The average molecular weight is 340 g/mol. The number of halogens is 1. The number of likely N-dealkylation sites (N-methyl/N-ethyl adjacent to an activating group) is 1. The number of aromatic nitrogens is 2. The van der Waals surface area contributed by atoms with E-state index in [1.807, 2.05) is 19.2 Å². The number of nitrogens with zero attached hydrogens (tertiary/aromatic N) is 2. The van der Waals surface area contributed by atoms with Gasteiger partial charge in [0.05, 0.1) is 17.1 Å². The van der Waals surface area contributed by atoms with Gasteiger partial charge in [-0.05, 0) is 36.8 Å². The van der Waals surface area contributed by atoms with Crippen LogP contribution in [0, 0.1) is 4.77 Å². The van der Waals surface area contributed by atoms with E-state index < -0.39 is 0 Å². The van der Waals surface area contributed by atoms with Gasteiger partial charge in [-0.1, -0.05) is 15.9 Å². The first-order valence-corrected chi connectivity index (χ1v) is 7.40. The van der Waals surface area contributed by atoms with Gasteiger partial charge < -0.3 is 14.5 Å². The zero-order valence-electron chi connectivity index (χ0n) is 10.5. The molecule has 4 nitrogen and oxygen atoms in total. The normalized spacial score (nSPS) is 20.2. The molecule has 1 N–H and O–H groups in total. The van der Waals surface area contributed by atoms with E-state index in [2.05, 4.69) is 31.5 Å². The summed E-state index contributed by atoms with van der Waals surface area (Å²) >= 11 is 8.90. The molecule has 0 saturated carbocycles. The molecule has 2 aromatic rings. The first-order valence-electron chi connectivity index (χ1n) is 6.20. The molecule has 2 heterocycles. The fourth-order valence-electron chi connectivity index (χ4n) is 2.67. The molecule has 1 fully saturated rings. The maximum atomic E-state index is 11.6. The second kappa shape index (κ2) is 4.76. The van der Waals surface area contributed by atoms with Gasteiger partial charge in [-0.15, -0.1) is 0 Å². The second-order valence-corrected chi connectivity index (χ2v) is 6.23. The number of nitrogens with one attached hydrogen (secondary N) is 1. The van der Waals surface area contributed by atoms with Crippen molar-refractivity contribution in [1.82, 2.24) is 14.5 Å².